The average molecular weight is 408 g/mol. The molecule has 2 aromatic rings. The number of rotatable bonds is 4. The Bertz CT molecular complexity index is 912. The van der Waals surface area contributed by atoms with Crippen molar-refractivity contribution in [3.8, 4) is 0 Å². The van der Waals surface area contributed by atoms with E-state index in [1.54, 1.807) is 0 Å². The molecule has 1 amide bonds. The fraction of sp³-hybridized carbons (Fsp3) is 0.267. The molecule has 0 saturated carbocycles. The van der Waals surface area contributed by atoms with E-state index >= 15 is 0 Å². The quantitative estimate of drug-likeness (QED) is 0.785. The monoisotopic (exact) mass is 407 g/mol. The molecular formula is C15H13ClF3N3O3S. The first-order chi connectivity index (χ1) is 11.9. The van der Waals surface area contributed by atoms with Gasteiger partial charge in [0.25, 0.3) is 0 Å². The minimum atomic E-state index is -4.57. The van der Waals surface area contributed by atoms with Crippen LogP contribution < -0.4 is 5.32 Å². The maximum atomic E-state index is 12.7. The third-order valence-electron chi connectivity index (χ3n) is 3.56. The van der Waals surface area contributed by atoms with E-state index in [0.29, 0.717) is 6.20 Å². The predicted octanol–water partition coefficient (Wildman–Crippen LogP) is 3.34. The molecule has 0 aliphatic heterocycles. The normalized spacial score (nSPS) is 12.7. The van der Waals surface area contributed by atoms with Gasteiger partial charge in [-0.2, -0.15) is 13.2 Å². The predicted molar refractivity (Wildman–Crippen MR) is 88.4 cm³/mol. The van der Waals surface area contributed by atoms with Crippen LogP contribution in [-0.2, 0) is 20.8 Å². The van der Waals surface area contributed by atoms with Crippen LogP contribution in [0.4, 0.5) is 19.0 Å². The fourth-order valence-electron chi connectivity index (χ4n) is 1.84. The van der Waals surface area contributed by atoms with Gasteiger partial charge in [0.2, 0.25) is 5.91 Å². The zero-order chi connectivity index (χ0) is 19.8. The summed E-state index contributed by atoms with van der Waals surface area (Å²) in [5.41, 5.74) is -0.991. The van der Waals surface area contributed by atoms with Gasteiger partial charge in [-0.15, -0.1) is 0 Å². The standard InChI is InChI=1S/C15H13ClF3N3O3S/c1-14(2,26(24,25)10-4-5-11(16)20-8-10)13(23)22-12-6-3-9(7-21-12)15(17,18)19/h3-8H,1-2H3,(H,21,22,23). The Morgan fingerprint density at radius 3 is 2.19 bits per heavy atom. The highest BCUT2D eigenvalue weighted by Crippen LogP contribution is 2.30. The summed E-state index contributed by atoms with van der Waals surface area (Å²) in [5.74, 6) is -1.17. The largest absolute Gasteiger partial charge is 0.417 e. The summed E-state index contributed by atoms with van der Waals surface area (Å²) in [6.45, 7) is 2.33. The summed E-state index contributed by atoms with van der Waals surface area (Å²) < 4.78 is 61.0. The molecule has 0 bridgehead atoms. The number of carbonyl (C=O) groups excluding carboxylic acids is 1. The zero-order valence-electron chi connectivity index (χ0n) is 13.5. The molecule has 2 heterocycles. The van der Waals surface area contributed by atoms with Gasteiger partial charge in [-0.1, -0.05) is 11.6 Å². The molecule has 6 nitrogen and oxygen atoms in total. The van der Waals surface area contributed by atoms with Gasteiger partial charge < -0.3 is 5.32 Å². The maximum absolute atomic E-state index is 12.7. The number of aromatic nitrogens is 2. The third-order valence-corrected chi connectivity index (χ3v) is 6.18. The number of halogens is 4. The summed E-state index contributed by atoms with van der Waals surface area (Å²) in [6, 6.07) is 4.14. The van der Waals surface area contributed by atoms with Crippen LogP contribution >= 0.6 is 11.6 Å². The zero-order valence-corrected chi connectivity index (χ0v) is 15.1. The molecule has 2 aromatic heterocycles. The van der Waals surface area contributed by atoms with E-state index in [9.17, 15) is 26.4 Å². The second-order valence-corrected chi connectivity index (χ2v) is 8.60. The minimum Gasteiger partial charge on any atom is -0.309 e. The Morgan fingerprint density at radius 1 is 1.08 bits per heavy atom. The summed E-state index contributed by atoms with van der Waals surface area (Å²) in [6.07, 6.45) is -3.01. The summed E-state index contributed by atoms with van der Waals surface area (Å²) in [4.78, 5) is 19.3. The van der Waals surface area contributed by atoms with Crippen LogP contribution in [0, 0.1) is 0 Å². The van der Waals surface area contributed by atoms with Crippen molar-refractivity contribution in [2.45, 2.75) is 29.7 Å². The van der Waals surface area contributed by atoms with Crippen LogP contribution in [0.2, 0.25) is 5.15 Å². The average Bonchev–Trinajstić information content (AvgIpc) is 2.54. The van der Waals surface area contributed by atoms with Gasteiger partial charge in [-0.05, 0) is 38.1 Å². The van der Waals surface area contributed by atoms with Gasteiger partial charge in [-0.3, -0.25) is 4.79 Å². The Labute approximate surface area is 152 Å². The van der Waals surface area contributed by atoms with Crippen LogP contribution in [0.25, 0.3) is 0 Å². The molecule has 0 unspecified atom stereocenters. The van der Waals surface area contributed by atoms with Crippen LogP contribution in [0.15, 0.2) is 41.6 Å². The molecule has 11 heteroatoms. The third kappa shape index (κ3) is 3.96. The van der Waals surface area contributed by atoms with E-state index in [1.165, 1.54) is 12.1 Å². The Hall–Kier alpha value is -2.20. The lowest BCUT2D eigenvalue weighted by Gasteiger charge is -2.23. The number of anilines is 1. The number of alkyl halides is 3. The smallest absolute Gasteiger partial charge is 0.309 e. The molecular weight excluding hydrogens is 395 g/mol. The van der Waals surface area contributed by atoms with E-state index in [-0.39, 0.29) is 15.9 Å². The summed E-state index contributed by atoms with van der Waals surface area (Å²) in [7, 11) is -4.15. The molecule has 0 aliphatic carbocycles. The van der Waals surface area contributed by atoms with Crippen molar-refractivity contribution in [2.75, 3.05) is 5.32 Å². The number of carbonyl (C=O) groups is 1. The number of sulfone groups is 1. The molecule has 0 aliphatic rings. The van der Waals surface area contributed by atoms with E-state index in [0.717, 1.165) is 32.2 Å². The maximum Gasteiger partial charge on any atom is 0.417 e. The topological polar surface area (TPSA) is 89.0 Å². The van der Waals surface area contributed by atoms with Crippen molar-refractivity contribution in [2.24, 2.45) is 0 Å². The van der Waals surface area contributed by atoms with Crippen molar-refractivity contribution in [3.05, 3.63) is 47.4 Å². The lowest BCUT2D eigenvalue weighted by molar-refractivity contribution is -0.137. The van der Waals surface area contributed by atoms with Crippen molar-refractivity contribution in [3.63, 3.8) is 0 Å². The second kappa shape index (κ2) is 6.84. The van der Waals surface area contributed by atoms with Crippen LogP contribution in [0.5, 0.6) is 0 Å². The van der Waals surface area contributed by atoms with Gasteiger partial charge >= 0.3 is 6.18 Å². The Morgan fingerprint density at radius 2 is 1.73 bits per heavy atom. The van der Waals surface area contributed by atoms with Crippen molar-refractivity contribution < 1.29 is 26.4 Å². The Balaban J connectivity index is 2.25. The molecule has 1 N–H and O–H groups in total. The van der Waals surface area contributed by atoms with E-state index in [4.69, 9.17) is 11.6 Å². The van der Waals surface area contributed by atoms with Gasteiger partial charge in [-0.25, -0.2) is 18.4 Å². The Kier molecular flexibility index (Phi) is 5.29. The van der Waals surface area contributed by atoms with Gasteiger partial charge in [0.15, 0.2) is 9.84 Å². The van der Waals surface area contributed by atoms with Gasteiger partial charge in [0.05, 0.1) is 10.5 Å². The first kappa shape index (κ1) is 20.1. The molecule has 0 atom stereocenters. The molecule has 0 spiro atoms. The van der Waals surface area contributed by atoms with Crippen molar-refractivity contribution in [1.82, 2.24) is 9.97 Å². The number of nitrogens with zero attached hydrogens (tertiary/aromatic N) is 2. The van der Waals surface area contributed by atoms with Crippen LogP contribution in [0.3, 0.4) is 0 Å². The summed E-state index contributed by atoms with van der Waals surface area (Å²) in [5, 5.41) is 2.29. The van der Waals surface area contributed by atoms with Crippen LogP contribution in [0.1, 0.15) is 19.4 Å². The SMILES string of the molecule is CC(C)(C(=O)Nc1ccc(C(F)(F)F)cn1)S(=O)(=O)c1ccc(Cl)nc1. The number of hydrogen-bond donors (Lipinski definition) is 1. The minimum absolute atomic E-state index is 0.0835. The second-order valence-electron chi connectivity index (χ2n) is 5.71. The highest BCUT2D eigenvalue weighted by molar-refractivity contribution is 7.93. The molecule has 26 heavy (non-hydrogen) atoms. The lowest BCUT2D eigenvalue weighted by Crippen LogP contribution is -2.44. The number of amides is 1. The molecule has 0 radical (unpaired) electrons. The number of hydrogen-bond acceptors (Lipinski definition) is 5. The number of nitrogens with one attached hydrogen (secondary N) is 1. The first-order valence-corrected chi connectivity index (χ1v) is 8.93. The van der Waals surface area contributed by atoms with Crippen LogP contribution in [-0.4, -0.2) is 29.0 Å². The highest BCUT2D eigenvalue weighted by Gasteiger charge is 2.43. The van der Waals surface area contributed by atoms with E-state index in [2.05, 4.69) is 15.3 Å². The molecule has 0 aromatic carbocycles. The first-order valence-electron chi connectivity index (χ1n) is 7.06. The van der Waals surface area contributed by atoms with Crippen molar-refractivity contribution in [1.29, 1.82) is 0 Å². The van der Waals surface area contributed by atoms with Crippen molar-refractivity contribution >= 4 is 33.2 Å². The van der Waals surface area contributed by atoms with Gasteiger partial charge in [0.1, 0.15) is 15.7 Å². The molecule has 0 saturated heterocycles. The highest BCUT2D eigenvalue weighted by atomic mass is 35.5. The molecule has 0 fully saturated rings. The molecule has 2 rings (SSSR count). The fourth-order valence-corrected chi connectivity index (χ4v) is 3.28. The van der Waals surface area contributed by atoms with E-state index in [1.807, 2.05) is 0 Å². The molecule has 140 valence electrons. The number of pyridine rings is 2. The van der Waals surface area contributed by atoms with Gasteiger partial charge in [0, 0.05) is 12.4 Å². The lowest BCUT2D eigenvalue weighted by atomic mass is 10.2. The summed E-state index contributed by atoms with van der Waals surface area (Å²) >= 11 is 5.62. The van der Waals surface area contributed by atoms with E-state index < -0.39 is 32.2 Å².